The van der Waals surface area contributed by atoms with E-state index >= 15 is 0 Å². The molecule has 0 unspecified atom stereocenters. The van der Waals surface area contributed by atoms with Crippen molar-refractivity contribution in [1.29, 1.82) is 0 Å². The highest BCUT2D eigenvalue weighted by Crippen LogP contribution is 2.18. The number of carbonyl (C=O) groups excluding carboxylic acids is 1. The van der Waals surface area contributed by atoms with E-state index in [0.29, 0.717) is 17.9 Å². The van der Waals surface area contributed by atoms with Crippen molar-refractivity contribution in [3.05, 3.63) is 53.5 Å². The minimum absolute atomic E-state index is 0.0578. The van der Waals surface area contributed by atoms with Crippen LogP contribution >= 0.6 is 0 Å². The fourth-order valence-electron chi connectivity index (χ4n) is 3.27. The first-order valence-electron chi connectivity index (χ1n) is 9.47. The maximum absolute atomic E-state index is 12.9. The van der Waals surface area contributed by atoms with Crippen LogP contribution in [0.2, 0.25) is 0 Å². The second-order valence-electron chi connectivity index (χ2n) is 7.16. The highest BCUT2D eigenvalue weighted by Gasteiger charge is 2.21. The molecule has 0 spiro atoms. The van der Waals surface area contributed by atoms with Gasteiger partial charge in [-0.05, 0) is 62.7 Å². The molecule has 0 saturated carbocycles. The molecule has 0 radical (unpaired) electrons. The third kappa shape index (κ3) is 5.01. The Morgan fingerprint density at radius 2 is 2.00 bits per heavy atom. The van der Waals surface area contributed by atoms with Crippen LogP contribution in [0.5, 0.6) is 0 Å². The van der Waals surface area contributed by atoms with Gasteiger partial charge in [-0.25, -0.2) is 13.1 Å². The average molecular weight is 406 g/mol. The van der Waals surface area contributed by atoms with Gasteiger partial charge in [0.1, 0.15) is 5.76 Å². The lowest BCUT2D eigenvalue weighted by atomic mass is 10.1. The van der Waals surface area contributed by atoms with Crippen LogP contribution in [-0.2, 0) is 16.6 Å². The Morgan fingerprint density at radius 3 is 2.68 bits per heavy atom. The van der Waals surface area contributed by atoms with E-state index in [2.05, 4.69) is 9.62 Å². The van der Waals surface area contributed by atoms with E-state index in [0.717, 1.165) is 25.2 Å². The molecule has 8 heteroatoms. The minimum atomic E-state index is -3.75. The fourth-order valence-corrected chi connectivity index (χ4v) is 4.29. The smallest absolute Gasteiger partial charge is 0.253 e. The van der Waals surface area contributed by atoms with Crippen LogP contribution in [0.4, 0.5) is 0 Å². The number of hydrogen-bond acceptors (Lipinski definition) is 5. The van der Waals surface area contributed by atoms with Gasteiger partial charge in [0.25, 0.3) is 5.91 Å². The molecular weight excluding hydrogens is 378 g/mol. The molecule has 1 aliphatic rings. The highest BCUT2D eigenvalue weighted by atomic mass is 32.2. The van der Waals surface area contributed by atoms with E-state index in [-0.39, 0.29) is 17.3 Å². The molecule has 1 fully saturated rings. The lowest BCUT2D eigenvalue weighted by molar-refractivity contribution is 0.0781. The van der Waals surface area contributed by atoms with Crippen molar-refractivity contribution in [1.82, 2.24) is 14.5 Å². The molecule has 1 amide bonds. The zero-order chi connectivity index (χ0) is 20.1. The Bertz CT molecular complexity index is 904. The first-order valence-corrected chi connectivity index (χ1v) is 11.0. The van der Waals surface area contributed by atoms with Crippen molar-refractivity contribution in [2.24, 2.45) is 0 Å². The van der Waals surface area contributed by atoms with Gasteiger partial charge in [-0.1, -0.05) is 6.07 Å². The second kappa shape index (κ2) is 8.89. The third-order valence-corrected chi connectivity index (χ3v) is 6.46. The zero-order valence-electron chi connectivity index (χ0n) is 16.3. The van der Waals surface area contributed by atoms with Crippen molar-refractivity contribution in [3.8, 4) is 0 Å². The standard InChI is InChI=1S/C20H27N3O4S/c1-16-7-8-18(28(25,26)21-15-17-6-5-13-27-17)14-19(16)20(24)22(2)11-12-23-9-3-4-10-23/h5-8,13-14,21H,3-4,9-12,15H2,1-2H3. The topological polar surface area (TPSA) is 82.9 Å². The molecule has 0 bridgehead atoms. The predicted octanol–water partition coefficient (Wildman–Crippen LogP) is 2.23. The van der Waals surface area contributed by atoms with Gasteiger partial charge in [-0.3, -0.25) is 4.79 Å². The number of likely N-dealkylation sites (N-methyl/N-ethyl adjacent to an activating group) is 1. The second-order valence-corrected chi connectivity index (χ2v) is 8.92. The summed E-state index contributed by atoms with van der Waals surface area (Å²) in [5, 5.41) is 0. The lowest BCUT2D eigenvalue weighted by Crippen LogP contribution is -2.35. The number of aryl methyl sites for hydroxylation is 1. The Balaban J connectivity index is 1.69. The summed E-state index contributed by atoms with van der Waals surface area (Å²) in [6.45, 7) is 5.48. The summed E-state index contributed by atoms with van der Waals surface area (Å²) < 4.78 is 32.9. The van der Waals surface area contributed by atoms with Gasteiger partial charge in [0.2, 0.25) is 10.0 Å². The molecule has 1 aromatic carbocycles. The molecule has 2 aromatic rings. The molecular formula is C20H27N3O4S. The van der Waals surface area contributed by atoms with E-state index in [1.807, 2.05) is 6.92 Å². The molecule has 7 nitrogen and oxygen atoms in total. The maximum Gasteiger partial charge on any atom is 0.253 e. The highest BCUT2D eigenvalue weighted by molar-refractivity contribution is 7.89. The lowest BCUT2D eigenvalue weighted by Gasteiger charge is -2.22. The quantitative estimate of drug-likeness (QED) is 0.728. The Kier molecular flexibility index (Phi) is 6.53. The van der Waals surface area contributed by atoms with Gasteiger partial charge in [-0.15, -0.1) is 0 Å². The molecule has 1 saturated heterocycles. The Morgan fingerprint density at radius 1 is 1.25 bits per heavy atom. The number of amides is 1. The van der Waals surface area contributed by atoms with E-state index in [1.165, 1.54) is 31.2 Å². The molecule has 2 heterocycles. The van der Waals surface area contributed by atoms with Crippen molar-refractivity contribution in [3.63, 3.8) is 0 Å². The van der Waals surface area contributed by atoms with Crippen LogP contribution in [0.25, 0.3) is 0 Å². The number of nitrogens with zero attached hydrogens (tertiary/aromatic N) is 2. The Labute approximate surface area is 166 Å². The van der Waals surface area contributed by atoms with Crippen LogP contribution in [0.15, 0.2) is 45.9 Å². The van der Waals surface area contributed by atoms with E-state index in [1.54, 1.807) is 30.1 Å². The summed E-state index contributed by atoms with van der Waals surface area (Å²) in [6.07, 6.45) is 3.91. The monoisotopic (exact) mass is 405 g/mol. The molecule has 0 aliphatic carbocycles. The number of benzene rings is 1. The third-order valence-electron chi connectivity index (χ3n) is 5.06. The van der Waals surface area contributed by atoms with E-state index in [4.69, 9.17) is 4.42 Å². The van der Waals surface area contributed by atoms with Gasteiger partial charge in [0, 0.05) is 25.7 Å². The molecule has 1 N–H and O–H groups in total. The predicted molar refractivity (Wildman–Crippen MR) is 107 cm³/mol. The van der Waals surface area contributed by atoms with Gasteiger partial charge in [0.15, 0.2) is 0 Å². The fraction of sp³-hybridized carbons (Fsp3) is 0.450. The number of likely N-dealkylation sites (tertiary alicyclic amines) is 1. The van der Waals surface area contributed by atoms with Gasteiger partial charge < -0.3 is 14.2 Å². The van der Waals surface area contributed by atoms with Crippen LogP contribution in [0, 0.1) is 6.92 Å². The van der Waals surface area contributed by atoms with Gasteiger partial charge in [0.05, 0.1) is 17.7 Å². The van der Waals surface area contributed by atoms with Gasteiger partial charge >= 0.3 is 0 Å². The molecule has 152 valence electrons. The number of sulfonamides is 1. The summed E-state index contributed by atoms with van der Waals surface area (Å²) in [5.74, 6) is 0.355. The molecule has 0 atom stereocenters. The van der Waals surface area contributed by atoms with Crippen LogP contribution < -0.4 is 4.72 Å². The zero-order valence-corrected chi connectivity index (χ0v) is 17.2. The van der Waals surface area contributed by atoms with Crippen molar-refractivity contribution < 1.29 is 17.6 Å². The van der Waals surface area contributed by atoms with Gasteiger partial charge in [-0.2, -0.15) is 0 Å². The van der Waals surface area contributed by atoms with Crippen molar-refractivity contribution in [2.75, 3.05) is 33.2 Å². The molecule has 28 heavy (non-hydrogen) atoms. The number of carbonyl (C=O) groups is 1. The van der Waals surface area contributed by atoms with E-state index < -0.39 is 10.0 Å². The number of nitrogens with one attached hydrogen (secondary N) is 1. The summed E-state index contributed by atoms with van der Waals surface area (Å²) in [4.78, 5) is 16.9. The number of furan rings is 1. The first-order chi connectivity index (χ1) is 13.4. The van der Waals surface area contributed by atoms with Crippen LogP contribution in [0.1, 0.15) is 34.5 Å². The SMILES string of the molecule is Cc1ccc(S(=O)(=O)NCc2ccco2)cc1C(=O)N(C)CCN1CCCC1. The summed E-state index contributed by atoms with van der Waals surface area (Å²) in [5.41, 5.74) is 1.16. The summed E-state index contributed by atoms with van der Waals surface area (Å²) in [6, 6.07) is 8.03. The molecule has 1 aromatic heterocycles. The van der Waals surface area contributed by atoms with Crippen molar-refractivity contribution in [2.45, 2.75) is 31.2 Å². The molecule has 3 rings (SSSR count). The van der Waals surface area contributed by atoms with Crippen LogP contribution in [-0.4, -0.2) is 57.4 Å². The first kappa shape index (κ1) is 20.6. The van der Waals surface area contributed by atoms with E-state index in [9.17, 15) is 13.2 Å². The minimum Gasteiger partial charge on any atom is -0.468 e. The summed E-state index contributed by atoms with van der Waals surface area (Å²) >= 11 is 0. The normalized spacial score (nSPS) is 15.1. The number of rotatable bonds is 8. The largest absolute Gasteiger partial charge is 0.468 e. The summed E-state index contributed by atoms with van der Waals surface area (Å²) in [7, 11) is -1.99. The van der Waals surface area contributed by atoms with Crippen LogP contribution in [0.3, 0.4) is 0 Å². The average Bonchev–Trinajstić information content (AvgIpc) is 3.38. The van der Waals surface area contributed by atoms with Crippen molar-refractivity contribution >= 4 is 15.9 Å². The number of hydrogen-bond donors (Lipinski definition) is 1. The molecule has 1 aliphatic heterocycles. The maximum atomic E-state index is 12.9. The Hall–Kier alpha value is -2.16.